The van der Waals surface area contributed by atoms with E-state index in [1.54, 1.807) is 0 Å². The number of benzene rings is 2. The first-order chi connectivity index (χ1) is 14.2. The van der Waals surface area contributed by atoms with Gasteiger partial charge in [-0.05, 0) is 18.6 Å². The molecule has 4 nitrogen and oxygen atoms in total. The van der Waals surface area contributed by atoms with Gasteiger partial charge in [-0.15, -0.1) is 11.3 Å². The number of carbonyl (C=O) groups excluding carboxylic acids is 1. The van der Waals surface area contributed by atoms with Gasteiger partial charge in [0, 0.05) is 14.9 Å². The highest BCUT2D eigenvalue weighted by atomic mass is 79.9. The summed E-state index contributed by atoms with van der Waals surface area (Å²) in [4.78, 5) is 18.0. The minimum absolute atomic E-state index is 0.00482. The molecule has 1 heterocycles. The number of hydrogen-bond acceptors (Lipinski definition) is 4. The number of nitrogens with one attached hydrogen (secondary N) is 1. The Morgan fingerprint density at radius 3 is 2.17 bits per heavy atom. The van der Waals surface area contributed by atoms with Crippen LogP contribution in [0, 0.1) is 0 Å². The van der Waals surface area contributed by atoms with Gasteiger partial charge >= 0.3 is 0 Å². The average Bonchev–Trinajstić information content (AvgIpc) is 3.14. The van der Waals surface area contributed by atoms with Gasteiger partial charge in [-0.25, -0.2) is 4.98 Å². The molecule has 0 bridgehead atoms. The first-order valence-electron chi connectivity index (χ1n) is 8.42. The second-order valence-corrected chi connectivity index (χ2v) is 9.78. The molecule has 0 spiro atoms. The smallest absolute Gasteiger partial charge is 0.264 e. The summed E-state index contributed by atoms with van der Waals surface area (Å²) < 4.78 is 6.42. The van der Waals surface area contributed by atoms with E-state index in [-0.39, 0.29) is 37.5 Å². The highest BCUT2D eigenvalue weighted by Gasteiger charge is 2.21. The molecule has 30 heavy (non-hydrogen) atoms. The first kappa shape index (κ1) is 23.9. The molecule has 1 N–H and O–H groups in total. The van der Waals surface area contributed by atoms with Gasteiger partial charge in [0.15, 0.2) is 17.5 Å². The molecule has 0 saturated carbocycles. The Labute approximate surface area is 210 Å². The lowest BCUT2D eigenvalue weighted by atomic mass is 10.1. The third-order valence-corrected chi connectivity index (χ3v) is 7.79. The maximum absolute atomic E-state index is 12.4. The van der Waals surface area contributed by atoms with E-state index in [0.717, 1.165) is 27.0 Å². The molecule has 0 aliphatic rings. The Balaban J connectivity index is 1.74. The van der Waals surface area contributed by atoms with E-state index >= 15 is 0 Å². The maximum atomic E-state index is 12.4. The van der Waals surface area contributed by atoms with Crippen LogP contribution in [0.3, 0.4) is 0 Å². The molecule has 0 aliphatic carbocycles. The fourth-order valence-corrected chi connectivity index (χ4v) is 4.92. The largest absolute Gasteiger partial charge is 0.481 e. The van der Waals surface area contributed by atoms with E-state index in [4.69, 9.17) is 62.7 Å². The van der Waals surface area contributed by atoms with Gasteiger partial charge in [-0.2, -0.15) is 0 Å². The van der Waals surface area contributed by atoms with Gasteiger partial charge < -0.3 is 4.74 Å². The topological polar surface area (TPSA) is 51.2 Å². The zero-order valence-electron chi connectivity index (χ0n) is 15.2. The summed E-state index contributed by atoms with van der Waals surface area (Å²) in [5.41, 5.74) is 1.79. The minimum Gasteiger partial charge on any atom is -0.481 e. The number of anilines is 1. The van der Waals surface area contributed by atoms with Crippen molar-refractivity contribution in [3.8, 4) is 17.0 Å². The number of aryl methyl sites for hydroxylation is 1. The first-order valence-corrected chi connectivity index (χ1v) is 11.9. The Kier molecular flexibility index (Phi) is 8.18. The molecule has 3 rings (SSSR count). The molecule has 3 aromatic rings. The van der Waals surface area contributed by atoms with Gasteiger partial charge in [0.25, 0.3) is 5.91 Å². The van der Waals surface area contributed by atoms with Crippen LogP contribution in [-0.2, 0) is 11.2 Å². The molecule has 0 unspecified atom stereocenters. The summed E-state index contributed by atoms with van der Waals surface area (Å²) >= 11 is 35.0. The second-order valence-electron chi connectivity index (χ2n) is 5.89. The third-order valence-electron chi connectivity index (χ3n) is 3.90. The van der Waals surface area contributed by atoms with E-state index in [9.17, 15) is 4.79 Å². The van der Waals surface area contributed by atoms with E-state index in [0.29, 0.717) is 5.13 Å². The number of halogens is 6. The Hall–Kier alpha value is -0.730. The van der Waals surface area contributed by atoms with Crippen LogP contribution in [0.1, 0.15) is 11.8 Å². The van der Waals surface area contributed by atoms with Crippen molar-refractivity contribution < 1.29 is 9.53 Å². The number of thiazole rings is 1. The normalized spacial score (nSPS) is 10.9. The highest BCUT2D eigenvalue weighted by Crippen LogP contribution is 2.48. The van der Waals surface area contributed by atoms with Crippen molar-refractivity contribution in [1.29, 1.82) is 0 Å². The predicted octanol–water partition coefficient (Wildman–Crippen LogP) is 8.42. The van der Waals surface area contributed by atoms with Crippen molar-refractivity contribution in [2.24, 2.45) is 0 Å². The fraction of sp³-hybridized carbons (Fsp3) is 0.158. The number of hydrogen-bond donors (Lipinski definition) is 1. The minimum atomic E-state index is -0.442. The van der Waals surface area contributed by atoms with Crippen LogP contribution in [-0.4, -0.2) is 17.5 Å². The quantitative estimate of drug-likeness (QED) is 0.232. The van der Waals surface area contributed by atoms with Gasteiger partial charge in [0.2, 0.25) is 0 Å². The van der Waals surface area contributed by atoms with Gasteiger partial charge in [-0.1, -0.05) is 93.0 Å². The molecule has 0 radical (unpaired) electrons. The molecule has 0 fully saturated rings. The van der Waals surface area contributed by atoms with Crippen LogP contribution in [0.15, 0.2) is 28.7 Å². The van der Waals surface area contributed by atoms with Gasteiger partial charge in [0.1, 0.15) is 10.0 Å². The van der Waals surface area contributed by atoms with Crippen LogP contribution >= 0.6 is 85.3 Å². The van der Waals surface area contributed by atoms with Crippen LogP contribution in [0.4, 0.5) is 5.13 Å². The zero-order chi connectivity index (χ0) is 22.0. The van der Waals surface area contributed by atoms with Crippen molar-refractivity contribution in [3.05, 3.63) is 58.7 Å². The highest BCUT2D eigenvalue weighted by molar-refractivity contribution is 9.10. The van der Waals surface area contributed by atoms with Crippen LogP contribution in [0.2, 0.25) is 25.1 Å². The maximum Gasteiger partial charge on any atom is 0.264 e. The molecule has 158 valence electrons. The van der Waals surface area contributed by atoms with Crippen molar-refractivity contribution in [1.82, 2.24) is 4.98 Å². The number of rotatable bonds is 6. The zero-order valence-corrected chi connectivity index (χ0v) is 21.3. The van der Waals surface area contributed by atoms with E-state index in [1.165, 1.54) is 11.3 Å². The molecule has 1 amide bonds. The lowest BCUT2D eigenvalue weighted by molar-refractivity contribution is -0.118. The van der Waals surface area contributed by atoms with E-state index in [2.05, 4.69) is 26.2 Å². The SMILES string of the molecule is CCc1sc(NC(=O)COc2c(Cl)c(Cl)c(Cl)c(Cl)c2Cl)nc1-c1ccc(Br)cc1. The lowest BCUT2D eigenvalue weighted by Gasteiger charge is -2.13. The number of ether oxygens (including phenoxy) is 1. The fourth-order valence-electron chi connectivity index (χ4n) is 2.48. The summed E-state index contributed by atoms with van der Waals surface area (Å²) in [6.07, 6.45) is 0.780. The number of carbonyl (C=O) groups is 1. The molecule has 11 heteroatoms. The monoisotopic (exact) mass is 586 g/mol. The van der Waals surface area contributed by atoms with Crippen LogP contribution < -0.4 is 10.1 Å². The number of nitrogens with zero attached hydrogens (tertiary/aromatic N) is 1. The summed E-state index contributed by atoms with van der Waals surface area (Å²) in [6, 6.07) is 7.81. The Morgan fingerprint density at radius 1 is 1.03 bits per heavy atom. The number of aromatic nitrogens is 1. The summed E-state index contributed by atoms with van der Waals surface area (Å²) in [5.74, 6) is -0.458. The molecule has 0 saturated heterocycles. The molecule has 0 aliphatic heterocycles. The van der Waals surface area contributed by atoms with Gasteiger partial charge in [-0.3, -0.25) is 10.1 Å². The predicted molar refractivity (Wildman–Crippen MR) is 130 cm³/mol. The summed E-state index contributed by atoms with van der Waals surface area (Å²) in [7, 11) is 0. The molecular weight excluding hydrogens is 577 g/mol. The average molecular weight is 590 g/mol. The van der Waals surface area contributed by atoms with Gasteiger partial charge in [0.05, 0.1) is 20.8 Å². The van der Waals surface area contributed by atoms with Crippen LogP contribution in [0.5, 0.6) is 5.75 Å². The standard InChI is InChI=1S/C19H12BrCl5N2O2S/c1-2-10-17(8-3-5-9(20)6-4-8)27-19(30-10)26-11(28)7-29-18-15(24)13(22)12(21)14(23)16(18)25/h3-6H,2,7H2,1H3,(H,26,27,28). The lowest BCUT2D eigenvalue weighted by Crippen LogP contribution is -2.20. The van der Waals surface area contributed by atoms with Crippen LogP contribution in [0.25, 0.3) is 11.3 Å². The third kappa shape index (κ3) is 5.18. The van der Waals surface area contributed by atoms with Crippen molar-refractivity contribution in [2.45, 2.75) is 13.3 Å². The van der Waals surface area contributed by atoms with E-state index in [1.807, 2.05) is 31.2 Å². The second kappa shape index (κ2) is 10.3. The molecule has 1 aromatic heterocycles. The Morgan fingerprint density at radius 2 is 1.60 bits per heavy atom. The molecule has 0 atom stereocenters. The summed E-state index contributed by atoms with van der Waals surface area (Å²) in [5, 5.41) is 3.14. The summed E-state index contributed by atoms with van der Waals surface area (Å²) in [6.45, 7) is 1.66. The van der Waals surface area contributed by atoms with E-state index < -0.39 is 5.91 Å². The Bertz CT molecular complexity index is 1080. The molecular formula is C19H12BrCl5N2O2S. The number of amides is 1. The van der Waals surface area contributed by atoms with Crippen molar-refractivity contribution in [2.75, 3.05) is 11.9 Å². The molecule has 2 aromatic carbocycles. The van der Waals surface area contributed by atoms with Crippen molar-refractivity contribution in [3.63, 3.8) is 0 Å². The van der Waals surface area contributed by atoms with Crippen molar-refractivity contribution >= 4 is 96.3 Å².